The van der Waals surface area contributed by atoms with Crippen LogP contribution in [-0.4, -0.2) is 44.5 Å². The fourth-order valence-electron chi connectivity index (χ4n) is 2.83. The summed E-state index contributed by atoms with van der Waals surface area (Å²) in [5.41, 5.74) is 8.76. The molecule has 2 aromatic rings. The second kappa shape index (κ2) is 9.75. The van der Waals surface area contributed by atoms with E-state index < -0.39 is 5.91 Å². The van der Waals surface area contributed by atoms with Crippen LogP contribution in [0.25, 0.3) is 0 Å². The number of methoxy groups -OCH3 is 2. The van der Waals surface area contributed by atoms with E-state index in [1.165, 1.54) is 25.3 Å². The molecule has 2 aromatic carbocycles. The topological polar surface area (TPSA) is 79.9 Å². The maximum absolute atomic E-state index is 12.2. The van der Waals surface area contributed by atoms with E-state index in [0.717, 1.165) is 5.56 Å². The molecule has 2 rings (SSSR count). The summed E-state index contributed by atoms with van der Waals surface area (Å²) in [5.74, 6) is 0.221. The Morgan fingerprint density at radius 1 is 0.964 bits per heavy atom. The van der Waals surface area contributed by atoms with Crippen molar-refractivity contribution in [1.29, 1.82) is 0 Å². The van der Waals surface area contributed by atoms with Crippen molar-refractivity contribution in [3.63, 3.8) is 0 Å². The third kappa shape index (κ3) is 5.72. The van der Waals surface area contributed by atoms with Crippen molar-refractivity contribution in [1.82, 2.24) is 15.8 Å². The highest BCUT2D eigenvalue weighted by Crippen LogP contribution is 2.27. The molecular formula is C21H27N3O4. The number of rotatable bonds is 7. The monoisotopic (exact) mass is 385 g/mol. The van der Waals surface area contributed by atoms with Gasteiger partial charge in [0.15, 0.2) is 11.5 Å². The molecule has 0 heterocycles. The highest BCUT2D eigenvalue weighted by molar-refractivity contribution is 5.96. The van der Waals surface area contributed by atoms with Gasteiger partial charge in [-0.25, -0.2) is 0 Å². The number of aryl methyl sites for hydroxylation is 2. The maximum atomic E-state index is 12.2. The summed E-state index contributed by atoms with van der Waals surface area (Å²) in [6, 6.07) is 11.0. The molecule has 0 bridgehead atoms. The van der Waals surface area contributed by atoms with Crippen molar-refractivity contribution in [2.75, 3.05) is 27.8 Å². The van der Waals surface area contributed by atoms with Crippen molar-refractivity contribution in [3.8, 4) is 11.5 Å². The summed E-state index contributed by atoms with van der Waals surface area (Å²) in [6.07, 6.45) is 0. The molecule has 0 fully saturated rings. The van der Waals surface area contributed by atoms with Gasteiger partial charge in [0, 0.05) is 12.1 Å². The lowest BCUT2D eigenvalue weighted by Crippen LogP contribution is -2.45. The van der Waals surface area contributed by atoms with E-state index in [-0.39, 0.29) is 12.5 Å². The van der Waals surface area contributed by atoms with E-state index in [1.54, 1.807) is 18.2 Å². The number of ether oxygens (including phenoxy) is 2. The smallest absolute Gasteiger partial charge is 0.269 e. The SMILES string of the molecule is COc1ccc(C(=O)NNC(=O)CN(C)Cc2ccc(C)cc2C)cc1OC. The van der Waals surface area contributed by atoms with Gasteiger partial charge in [-0.05, 0) is 50.2 Å². The molecule has 0 aromatic heterocycles. The maximum Gasteiger partial charge on any atom is 0.269 e. The predicted octanol–water partition coefficient (Wildman–Crippen LogP) is 2.21. The summed E-state index contributed by atoms with van der Waals surface area (Å²) in [5, 5.41) is 0. The first-order chi connectivity index (χ1) is 13.3. The number of hydrazine groups is 1. The molecule has 0 aliphatic heterocycles. The third-order valence-electron chi connectivity index (χ3n) is 4.31. The number of amides is 2. The first kappa shape index (κ1) is 21.2. The van der Waals surface area contributed by atoms with Crippen molar-refractivity contribution in [2.45, 2.75) is 20.4 Å². The zero-order chi connectivity index (χ0) is 20.7. The Morgan fingerprint density at radius 3 is 2.32 bits per heavy atom. The Bertz CT molecular complexity index is 852. The van der Waals surface area contributed by atoms with Crippen LogP contribution in [0.4, 0.5) is 0 Å². The molecule has 0 saturated carbocycles. The second-order valence-electron chi connectivity index (χ2n) is 6.67. The Hall–Kier alpha value is -3.06. The number of hydrogen-bond acceptors (Lipinski definition) is 5. The zero-order valence-corrected chi connectivity index (χ0v) is 17.0. The van der Waals surface area contributed by atoms with Gasteiger partial charge in [0.25, 0.3) is 11.8 Å². The summed E-state index contributed by atoms with van der Waals surface area (Å²) in [7, 11) is 4.87. The molecule has 28 heavy (non-hydrogen) atoms. The van der Waals surface area contributed by atoms with Gasteiger partial charge in [0.1, 0.15) is 0 Å². The average Bonchev–Trinajstić information content (AvgIpc) is 2.67. The largest absolute Gasteiger partial charge is 0.493 e. The van der Waals surface area contributed by atoms with Gasteiger partial charge in [-0.15, -0.1) is 0 Å². The van der Waals surface area contributed by atoms with Crippen molar-refractivity contribution >= 4 is 11.8 Å². The number of nitrogens with zero attached hydrogens (tertiary/aromatic N) is 1. The quantitative estimate of drug-likeness (QED) is 0.715. The molecule has 0 radical (unpaired) electrons. The first-order valence-corrected chi connectivity index (χ1v) is 8.90. The molecule has 0 aliphatic rings. The molecule has 0 unspecified atom stereocenters. The van der Waals surface area contributed by atoms with Crippen LogP contribution in [0.1, 0.15) is 27.0 Å². The fourth-order valence-corrected chi connectivity index (χ4v) is 2.83. The second-order valence-corrected chi connectivity index (χ2v) is 6.67. The Balaban J connectivity index is 1.86. The van der Waals surface area contributed by atoms with Crippen LogP contribution in [0.3, 0.4) is 0 Å². The lowest BCUT2D eigenvalue weighted by atomic mass is 10.1. The van der Waals surface area contributed by atoms with E-state index in [9.17, 15) is 9.59 Å². The summed E-state index contributed by atoms with van der Waals surface area (Å²) in [6.45, 7) is 4.90. The number of carbonyl (C=O) groups excluding carboxylic acids is 2. The number of carbonyl (C=O) groups is 2. The number of nitrogens with one attached hydrogen (secondary N) is 2. The molecule has 0 atom stereocenters. The van der Waals surface area contributed by atoms with Crippen molar-refractivity contribution < 1.29 is 19.1 Å². The lowest BCUT2D eigenvalue weighted by Gasteiger charge is -2.18. The Labute approximate surface area is 165 Å². The first-order valence-electron chi connectivity index (χ1n) is 8.90. The minimum Gasteiger partial charge on any atom is -0.493 e. The van der Waals surface area contributed by atoms with E-state index in [2.05, 4.69) is 42.9 Å². The lowest BCUT2D eigenvalue weighted by molar-refractivity contribution is -0.122. The molecule has 7 nitrogen and oxygen atoms in total. The van der Waals surface area contributed by atoms with Gasteiger partial charge in [0.05, 0.1) is 20.8 Å². The van der Waals surface area contributed by atoms with Crippen LogP contribution in [0.15, 0.2) is 36.4 Å². The highest BCUT2D eigenvalue weighted by Gasteiger charge is 2.13. The molecule has 2 N–H and O–H groups in total. The Morgan fingerprint density at radius 2 is 1.68 bits per heavy atom. The van der Waals surface area contributed by atoms with Crippen LogP contribution in [0, 0.1) is 13.8 Å². The standard InChI is InChI=1S/C21H27N3O4/c1-14-6-7-17(15(2)10-14)12-24(3)13-20(25)22-23-21(26)16-8-9-18(27-4)19(11-16)28-5/h6-11H,12-13H2,1-5H3,(H,22,25)(H,23,26). The van der Waals surface area contributed by atoms with E-state index >= 15 is 0 Å². The molecule has 0 aliphatic carbocycles. The summed E-state index contributed by atoms with van der Waals surface area (Å²) < 4.78 is 10.3. The van der Waals surface area contributed by atoms with Crippen LogP contribution in [0.2, 0.25) is 0 Å². The molecular weight excluding hydrogens is 358 g/mol. The third-order valence-corrected chi connectivity index (χ3v) is 4.31. The normalized spacial score (nSPS) is 10.5. The Kier molecular flexibility index (Phi) is 7.40. The van der Waals surface area contributed by atoms with E-state index in [1.807, 2.05) is 11.9 Å². The van der Waals surface area contributed by atoms with Gasteiger partial charge in [-0.3, -0.25) is 25.3 Å². The molecule has 2 amide bonds. The molecule has 150 valence electrons. The minimum absolute atomic E-state index is 0.152. The van der Waals surface area contributed by atoms with Crippen molar-refractivity contribution in [2.24, 2.45) is 0 Å². The van der Waals surface area contributed by atoms with Crippen LogP contribution >= 0.6 is 0 Å². The van der Waals surface area contributed by atoms with Crippen LogP contribution < -0.4 is 20.3 Å². The van der Waals surface area contributed by atoms with Gasteiger partial charge in [-0.2, -0.15) is 0 Å². The highest BCUT2D eigenvalue weighted by atomic mass is 16.5. The number of benzene rings is 2. The number of hydrogen-bond donors (Lipinski definition) is 2. The van der Waals surface area contributed by atoms with E-state index in [0.29, 0.717) is 23.6 Å². The van der Waals surface area contributed by atoms with E-state index in [4.69, 9.17) is 9.47 Å². The number of likely N-dealkylation sites (N-methyl/N-ethyl adjacent to an activating group) is 1. The van der Waals surface area contributed by atoms with Gasteiger partial charge in [0.2, 0.25) is 0 Å². The van der Waals surface area contributed by atoms with Gasteiger partial charge >= 0.3 is 0 Å². The zero-order valence-electron chi connectivity index (χ0n) is 17.0. The van der Waals surface area contributed by atoms with Crippen LogP contribution in [0.5, 0.6) is 11.5 Å². The average molecular weight is 385 g/mol. The molecule has 0 saturated heterocycles. The summed E-state index contributed by atoms with van der Waals surface area (Å²) >= 11 is 0. The van der Waals surface area contributed by atoms with Crippen LogP contribution in [-0.2, 0) is 11.3 Å². The molecule has 0 spiro atoms. The molecule has 7 heteroatoms. The van der Waals surface area contributed by atoms with Gasteiger partial charge in [-0.1, -0.05) is 23.8 Å². The summed E-state index contributed by atoms with van der Waals surface area (Å²) in [4.78, 5) is 26.2. The van der Waals surface area contributed by atoms with Crippen molar-refractivity contribution in [3.05, 3.63) is 58.7 Å². The minimum atomic E-state index is -0.439. The van der Waals surface area contributed by atoms with Gasteiger partial charge < -0.3 is 9.47 Å². The predicted molar refractivity (Wildman–Crippen MR) is 107 cm³/mol. The fraction of sp³-hybridized carbons (Fsp3) is 0.333.